The Balaban J connectivity index is 2.72. The molecule has 4 nitrogen and oxygen atoms in total. The lowest BCUT2D eigenvalue weighted by molar-refractivity contribution is 0.0894. The molecule has 0 bridgehead atoms. The molecule has 1 heterocycles. The maximum Gasteiger partial charge on any atom is 0.187 e. The van der Waals surface area contributed by atoms with Crippen LogP contribution in [0.25, 0.3) is 0 Å². The van der Waals surface area contributed by atoms with Crippen molar-refractivity contribution >= 4 is 5.78 Å². The van der Waals surface area contributed by atoms with E-state index in [1.807, 2.05) is 20.8 Å². The maximum atomic E-state index is 11.5. The van der Waals surface area contributed by atoms with Crippen LogP contribution in [0.15, 0.2) is 6.20 Å². The van der Waals surface area contributed by atoms with E-state index in [2.05, 4.69) is 15.4 Å². The Hall–Kier alpha value is -1.19. The van der Waals surface area contributed by atoms with Crippen molar-refractivity contribution in [2.75, 3.05) is 0 Å². The van der Waals surface area contributed by atoms with Crippen molar-refractivity contribution in [3.8, 4) is 0 Å². The van der Waals surface area contributed by atoms with Crippen molar-refractivity contribution in [3.63, 3.8) is 0 Å². The van der Waals surface area contributed by atoms with Gasteiger partial charge in [0.05, 0.1) is 6.20 Å². The van der Waals surface area contributed by atoms with E-state index in [0.29, 0.717) is 11.6 Å². The monoisotopic (exact) mass is 167 g/mol. The lowest BCUT2D eigenvalue weighted by Crippen LogP contribution is -2.17. The Kier molecular flexibility index (Phi) is 2.58. The summed E-state index contributed by atoms with van der Waals surface area (Å²) < 4.78 is 0. The second-order valence-electron chi connectivity index (χ2n) is 3.25. The number of hydrogen-bond acceptors (Lipinski definition) is 3. The number of nitrogens with zero attached hydrogens (tertiary/aromatic N) is 2. The number of aromatic nitrogens is 3. The van der Waals surface area contributed by atoms with Crippen LogP contribution < -0.4 is 0 Å². The number of nitrogens with one attached hydrogen (secondary N) is 1. The molecular formula is C8H13N3O. The molecule has 0 saturated carbocycles. The van der Waals surface area contributed by atoms with E-state index in [1.165, 1.54) is 6.20 Å². The zero-order chi connectivity index (χ0) is 9.14. The largest absolute Gasteiger partial charge is 0.292 e. The van der Waals surface area contributed by atoms with Gasteiger partial charge in [-0.05, 0) is 5.92 Å². The van der Waals surface area contributed by atoms with Crippen molar-refractivity contribution in [2.24, 2.45) is 11.8 Å². The molecule has 4 heteroatoms. The fourth-order valence-corrected chi connectivity index (χ4v) is 0.856. The average Bonchev–Trinajstić information content (AvgIpc) is 2.53. The first-order valence-corrected chi connectivity index (χ1v) is 4.03. The molecule has 1 aromatic heterocycles. The van der Waals surface area contributed by atoms with Gasteiger partial charge in [-0.25, -0.2) is 0 Å². The van der Waals surface area contributed by atoms with Crippen LogP contribution in [0.1, 0.15) is 31.3 Å². The molecule has 0 aliphatic rings. The Bertz CT molecular complexity index is 253. The van der Waals surface area contributed by atoms with Crippen molar-refractivity contribution in [3.05, 3.63) is 11.9 Å². The van der Waals surface area contributed by atoms with Gasteiger partial charge in [0.15, 0.2) is 5.78 Å². The van der Waals surface area contributed by atoms with E-state index in [9.17, 15) is 4.79 Å². The molecule has 66 valence electrons. The summed E-state index contributed by atoms with van der Waals surface area (Å²) in [6.45, 7) is 5.94. The normalized spacial score (nSPS) is 13.3. The van der Waals surface area contributed by atoms with Gasteiger partial charge in [-0.2, -0.15) is 15.4 Å². The number of rotatable bonds is 3. The quantitative estimate of drug-likeness (QED) is 0.690. The van der Waals surface area contributed by atoms with E-state index in [-0.39, 0.29) is 11.7 Å². The van der Waals surface area contributed by atoms with Crippen LogP contribution in [-0.4, -0.2) is 21.2 Å². The molecule has 1 unspecified atom stereocenters. The molecule has 1 rings (SSSR count). The minimum atomic E-state index is 0.00935. The number of Topliss-reactive ketones (excluding diaryl/α,β-unsaturated/α-hetero) is 1. The molecule has 0 amide bonds. The summed E-state index contributed by atoms with van der Waals surface area (Å²) in [6.07, 6.45) is 1.46. The SMILES string of the molecule is CC(C)C(C)C(=O)c1cn[nH]n1. The Morgan fingerprint density at radius 3 is 2.58 bits per heavy atom. The van der Waals surface area contributed by atoms with E-state index >= 15 is 0 Å². The number of carbonyl (C=O) groups is 1. The third-order valence-corrected chi connectivity index (χ3v) is 2.08. The first-order valence-electron chi connectivity index (χ1n) is 4.03. The third kappa shape index (κ3) is 1.69. The fourth-order valence-electron chi connectivity index (χ4n) is 0.856. The highest BCUT2D eigenvalue weighted by molar-refractivity contribution is 5.95. The second-order valence-corrected chi connectivity index (χ2v) is 3.25. The molecule has 0 aliphatic heterocycles. The Morgan fingerprint density at radius 2 is 2.17 bits per heavy atom. The summed E-state index contributed by atoms with van der Waals surface area (Å²) in [6, 6.07) is 0. The van der Waals surface area contributed by atoms with Crippen molar-refractivity contribution in [1.29, 1.82) is 0 Å². The van der Waals surface area contributed by atoms with Crippen molar-refractivity contribution in [1.82, 2.24) is 15.4 Å². The topological polar surface area (TPSA) is 58.6 Å². The number of carbonyl (C=O) groups excluding carboxylic acids is 1. The highest BCUT2D eigenvalue weighted by Crippen LogP contribution is 2.14. The van der Waals surface area contributed by atoms with Gasteiger partial charge in [0.25, 0.3) is 0 Å². The summed E-state index contributed by atoms with van der Waals surface area (Å²) in [5.41, 5.74) is 0.427. The molecule has 0 aliphatic carbocycles. The van der Waals surface area contributed by atoms with E-state index in [0.717, 1.165) is 0 Å². The van der Waals surface area contributed by atoms with Gasteiger partial charge < -0.3 is 0 Å². The first-order chi connectivity index (χ1) is 5.63. The van der Waals surface area contributed by atoms with Crippen molar-refractivity contribution in [2.45, 2.75) is 20.8 Å². The highest BCUT2D eigenvalue weighted by Gasteiger charge is 2.19. The Morgan fingerprint density at radius 1 is 1.50 bits per heavy atom. The van der Waals surface area contributed by atoms with Gasteiger partial charge in [0.2, 0.25) is 0 Å². The van der Waals surface area contributed by atoms with Gasteiger partial charge in [0.1, 0.15) is 5.69 Å². The number of hydrogen-bond donors (Lipinski definition) is 1. The van der Waals surface area contributed by atoms with Crippen LogP contribution in [0.5, 0.6) is 0 Å². The molecule has 0 spiro atoms. The summed E-state index contributed by atoms with van der Waals surface area (Å²) >= 11 is 0. The summed E-state index contributed by atoms with van der Waals surface area (Å²) in [4.78, 5) is 11.5. The minimum Gasteiger partial charge on any atom is -0.292 e. The molecule has 1 aromatic rings. The fraction of sp³-hybridized carbons (Fsp3) is 0.625. The maximum absolute atomic E-state index is 11.5. The Labute approximate surface area is 71.4 Å². The molecule has 0 fully saturated rings. The van der Waals surface area contributed by atoms with Crippen LogP contribution >= 0.6 is 0 Å². The van der Waals surface area contributed by atoms with Crippen molar-refractivity contribution < 1.29 is 4.79 Å². The zero-order valence-electron chi connectivity index (χ0n) is 7.53. The van der Waals surface area contributed by atoms with E-state index in [4.69, 9.17) is 0 Å². The van der Waals surface area contributed by atoms with Crippen LogP contribution in [0.3, 0.4) is 0 Å². The van der Waals surface area contributed by atoms with Gasteiger partial charge in [-0.3, -0.25) is 4.79 Å². The summed E-state index contributed by atoms with van der Waals surface area (Å²) in [5, 5.41) is 9.75. The molecule has 0 aromatic carbocycles. The molecule has 0 radical (unpaired) electrons. The van der Waals surface area contributed by atoms with Crippen LogP contribution in [0.2, 0.25) is 0 Å². The lowest BCUT2D eigenvalue weighted by atomic mass is 9.92. The molecule has 1 atom stereocenters. The first kappa shape index (κ1) is 8.90. The molecule has 1 N–H and O–H groups in total. The van der Waals surface area contributed by atoms with E-state index < -0.39 is 0 Å². The molecular weight excluding hydrogens is 154 g/mol. The van der Waals surface area contributed by atoms with Gasteiger partial charge in [-0.1, -0.05) is 20.8 Å². The van der Waals surface area contributed by atoms with Crippen LogP contribution in [0, 0.1) is 11.8 Å². The van der Waals surface area contributed by atoms with Gasteiger partial charge in [-0.15, -0.1) is 0 Å². The van der Waals surface area contributed by atoms with E-state index in [1.54, 1.807) is 0 Å². The average molecular weight is 167 g/mol. The third-order valence-electron chi connectivity index (χ3n) is 2.08. The summed E-state index contributed by atoms with van der Waals surface area (Å²) in [5.74, 6) is 0.406. The predicted octanol–water partition coefficient (Wildman–Crippen LogP) is 1.28. The van der Waals surface area contributed by atoms with Gasteiger partial charge in [0, 0.05) is 5.92 Å². The number of aromatic amines is 1. The number of ketones is 1. The number of H-pyrrole nitrogens is 1. The standard InChI is InChI=1S/C8H13N3O/c1-5(2)6(3)8(12)7-4-9-11-10-7/h4-6H,1-3H3,(H,9,10,11). The smallest absolute Gasteiger partial charge is 0.187 e. The second kappa shape index (κ2) is 3.47. The highest BCUT2D eigenvalue weighted by atomic mass is 16.1. The summed E-state index contributed by atoms with van der Waals surface area (Å²) in [7, 11) is 0. The predicted molar refractivity (Wildman–Crippen MR) is 44.7 cm³/mol. The zero-order valence-corrected chi connectivity index (χ0v) is 7.53. The minimum absolute atomic E-state index is 0.00935. The molecule has 0 saturated heterocycles. The van der Waals surface area contributed by atoms with Crippen LogP contribution in [-0.2, 0) is 0 Å². The van der Waals surface area contributed by atoms with Crippen LogP contribution in [0.4, 0.5) is 0 Å². The molecule has 12 heavy (non-hydrogen) atoms. The lowest BCUT2D eigenvalue weighted by Gasteiger charge is -2.11. The van der Waals surface area contributed by atoms with Gasteiger partial charge >= 0.3 is 0 Å².